The lowest BCUT2D eigenvalue weighted by molar-refractivity contribution is 0.415. The van der Waals surface area contributed by atoms with Crippen molar-refractivity contribution in [1.82, 2.24) is 0 Å². The summed E-state index contributed by atoms with van der Waals surface area (Å²) in [5.41, 5.74) is 2.05. The zero-order valence-corrected chi connectivity index (χ0v) is 15.3. The van der Waals surface area contributed by atoms with Gasteiger partial charge in [-0.3, -0.25) is 0 Å². The van der Waals surface area contributed by atoms with Gasteiger partial charge in [-0.1, -0.05) is 36.4 Å². The summed E-state index contributed by atoms with van der Waals surface area (Å²) in [5.74, 6) is 3.25. The molecular formula is C24H20O3. The van der Waals surface area contributed by atoms with Crippen molar-refractivity contribution in [1.29, 1.82) is 0 Å². The fourth-order valence-electron chi connectivity index (χ4n) is 3.14. The van der Waals surface area contributed by atoms with Crippen molar-refractivity contribution in [2.45, 2.75) is 0 Å². The quantitative estimate of drug-likeness (QED) is 0.419. The molecule has 0 N–H and O–H groups in total. The van der Waals surface area contributed by atoms with E-state index in [9.17, 15) is 0 Å². The number of hydrogen-bond donors (Lipinski definition) is 0. The molecule has 0 heterocycles. The van der Waals surface area contributed by atoms with Gasteiger partial charge in [-0.05, 0) is 59.5 Å². The first kappa shape index (κ1) is 17.0. The number of para-hydroxylation sites is 1. The molecule has 3 nitrogen and oxygen atoms in total. The van der Waals surface area contributed by atoms with E-state index in [1.165, 1.54) is 0 Å². The zero-order valence-electron chi connectivity index (χ0n) is 15.3. The van der Waals surface area contributed by atoms with E-state index in [1.807, 2.05) is 66.7 Å². The number of rotatable bonds is 5. The van der Waals surface area contributed by atoms with Crippen LogP contribution in [-0.2, 0) is 0 Å². The molecule has 4 rings (SSSR count). The lowest BCUT2D eigenvalue weighted by atomic mass is 9.99. The van der Waals surface area contributed by atoms with Crippen LogP contribution in [0, 0.1) is 0 Å². The predicted molar refractivity (Wildman–Crippen MR) is 109 cm³/mol. The largest absolute Gasteiger partial charge is 0.497 e. The van der Waals surface area contributed by atoms with Crippen LogP contribution in [0.15, 0.2) is 84.9 Å². The first-order valence-corrected chi connectivity index (χ1v) is 8.76. The summed E-state index contributed by atoms with van der Waals surface area (Å²) in [7, 11) is 3.35. The Balaban J connectivity index is 1.92. The van der Waals surface area contributed by atoms with Crippen molar-refractivity contribution >= 4 is 10.8 Å². The number of benzene rings is 4. The Kier molecular flexibility index (Phi) is 4.67. The van der Waals surface area contributed by atoms with Gasteiger partial charge in [0.05, 0.1) is 14.2 Å². The smallest absolute Gasteiger partial charge is 0.143 e. The number of hydrogen-bond acceptors (Lipinski definition) is 3. The molecule has 0 saturated heterocycles. The van der Waals surface area contributed by atoms with Gasteiger partial charge >= 0.3 is 0 Å². The van der Waals surface area contributed by atoms with Crippen molar-refractivity contribution in [3.05, 3.63) is 84.9 Å². The minimum Gasteiger partial charge on any atom is -0.497 e. The Morgan fingerprint density at radius 2 is 1.33 bits per heavy atom. The second kappa shape index (κ2) is 7.42. The highest BCUT2D eigenvalue weighted by Gasteiger charge is 2.13. The second-order valence-corrected chi connectivity index (χ2v) is 6.18. The highest BCUT2D eigenvalue weighted by Crippen LogP contribution is 2.41. The maximum atomic E-state index is 6.34. The Labute approximate surface area is 158 Å². The molecule has 0 atom stereocenters. The SMILES string of the molecule is COc1cccc(-c2ccc3cc(OC)ccc3c2Oc2ccccc2)c1. The van der Waals surface area contributed by atoms with Crippen LogP contribution in [0.5, 0.6) is 23.0 Å². The van der Waals surface area contributed by atoms with Crippen LogP contribution in [-0.4, -0.2) is 14.2 Å². The predicted octanol–water partition coefficient (Wildman–Crippen LogP) is 6.32. The third-order valence-corrected chi connectivity index (χ3v) is 4.52. The fourth-order valence-corrected chi connectivity index (χ4v) is 3.14. The molecule has 0 aliphatic carbocycles. The highest BCUT2D eigenvalue weighted by molar-refractivity contribution is 5.96. The summed E-state index contributed by atoms with van der Waals surface area (Å²) in [5, 5.41) is 2.09. The van der Waals surface area contributed by atoms with Gasteiger partial charge in [-0.15, -0.1) is 0 Å². The van der Waals surface area contributed by atoms with Gasteiger partial charge < -0.3 is 14.2 Å². The van der Waals surface area contributed by atoms with E-state index in [4.69, 9.17) is 14.2 Å². The highest BCUT2D eigenvalue weighted by atomic mass is 16.5. The van der Waals surface area contributed by atoms with E-state index in [-0.39, 0.29) is 0 Å². The van der Waals surface area contributed by atoms with Gasteiger partial charge in [0, 0.05) is 10.9 Å². The Bertz CT molecular complexity index is 1070. The van der Waals surface area contributed by atoms with Crippen molar-refractivity contribution in [3.8, 4) is 34.1 Å². The monoisotopic (exact) mass is 356 g/mol. The summed E-state index contributed by atoms with van der Waals surface area (Å²) in [6, 6.07) is 28.0. The molecule has 134 valence electrons. The van der Waals surface area contributed by atoms with Crippen molar-refractivity contribution in [2.24, 2.45) is 0 Å². The van der Waals surface area contributed by atoms with Crippen molar-refractivity contribution in [2.75, 3.05) is 14.2 Å². The number of ether oxygens (including phenoxy) is 3. The van der Waals surface area contributed by atoms with Gasteiger partial charge in [0.15, 0.2) is 0 Å². The van der Waals surface area contributed by atoms with Crippen LogP contribution >= 0.6 is 0 Å². The molecule has 0 radical (unpaired) electrons. The molecule has 27 heavy (non-hydrogen) atoms. The molecule has 0 spiro atoms. The summed E-state index contributed by atoms with van der Waals surface area (Å²) >= 11 is 0. The average Bonchev–Trinajstić information content (AvgIpc) is 2.74. The average molecular weight is 356 g/mol. The molecule has 0 saturated carbocycles. The van der Waals surface area contributed by atoms with E-state index >= 15 is 0 Å². The topological polar surface area (TPSA) is 27.7 Å². The first-order chi connectivity index (χ1) is 13.3. The van der Waals surface area contributed by atoms with E-state index in [1.54, 1.807) is 14.2 Å². The Morgan fingerprint density at radius 1 is 0.593 bits per heavy atom. The third kappa shape index (κ3) is 3.44. The molecule has 0 aliphatic rings. The van der Waals surface area contributed by atoms with Gasteiger partial charge in [0.25, 0.3) is 0 Å². The standard InChI is InChI=1S/C24H20O3/c1-25-20-10-6-7-17(15-20)22-13-11-18-16-21(26-2)12-14-23(18)24(22)27-19-8-4-3-5-9-19/h3-16H,1-2H3. The van der Waals surface area contributed by atoms with Gasteiger partial charge in [0.2, 0.25) is 0 Å². The minimum atomic E-state index is 0.796. The Hall–Kier alpha value is -3.46. The van der Waals surface area contributed by atoms with Gasteiger partial charge in [-0.25, -0.2) is 0 Å². The second-order valence-electron chi connectivity index (χ2n) is 6.18. The lowest BCUT2D eigenvalue weighted by Gasteiger charge is -2.16. The molecular weight excluding hydrogens is 336 g/mol. The third-order valence-electron chi connectivity index (χ3n) is 4.52. The van der Waals surface area contributed by atoms with Crippen LogP contribution in [0.4, 0.5) is 0 Å². The maximum Gasteiger partial charge on any atom is 0.143 e. The summed E-state index contributed by atoms with van der Waals surface area (Å²) in [6.07, 6.45) is 0. The zero-order chi connectivity index (χ0) is 18.6. The van der Waals surface area contributed by atoms with Crippen LogP contribution in [0.2, 0.25) is 0 Å². The summed E-state index contributed by atoms with van der Waals surface area (Å²) < 4.78 is 17.1. The van der Waals surface area contributed by atoms with Crippen LogP contribution in [0.3, 0.4) is 0 Å². The fraction of sp³-hybridized carbons (Fsp3) is 0.0833. The van der Waals surface area contributed by atoms with Crippen LogP contribution in [0.25, 0.3) is 21.9 Å². The maximum absolute atomic E-state index is 6.34. The number of fused-ring (bicyclic) bond motifs is 1. The minimum absolute atomic E-state index is 0.796. The van der Waals surface area contributed by atoms with E-state index < -0.39 is 0 Å². The van der Waals surface area contributed by atoms with Crippen LogP contribution in [0.1, 0.15) is 0 Å². The first-order valence-electron chi connectivity index (χ1n) is 8.76. The molecule has 0 aliphatic heterocycles. The molecule has 0 aromatic heterocycles. The molecule has 0 amide bonds. The summed E-state index contributed by atoms with van der Waals surface area (Å²) in [6.45, 7) is 0. The molecule has 3 heteroatoms. The number of methoxy groups -OCH3 is 2. The molecule has 0 fully saturated rings. The van der Waals surface area contributed by atoms with Gasteiger partial charge in [0.1, 0.15) is 23.0 Å². The van der Waals surface area contributed by atoms with E-state index in [0.29, 0.717) is 0 Å². The van der Waals surface area contributed by atoms with Crippen molar-refractivity contribution < 1.29 is 14.2 Å². The Morgan fingerprint density at radius 3 is 2.11 bits per heavy atom. The lowest BCUT2D eigenvalue weighted by Crippen LogP contribution is -1.92. The van der Waals surface area contributed by atoms with Crippen molar-refractivity contribution in [3.63, 3.8) is 0 Å². The summed E-state index contributed by atoms with van der Waals surface area (Å²) in [4.78, 5) is 0. The molecule has 4 aromatic carbocycles. The molecule has 0 unspecified atom stereocenters. The molecule has 4 aromatic rings. The van der Waals surface area contributed by atoms with E-state index in [2.05, 4.69) is 18.2 Å². The van der Waals surface area contributed by atoms with E-state index in [0.717, 1.165) is 44.9 Å². The van der Waals surface area contributed by atoms with Gasteiger partial charge in [-0.2, -0.15) is 0 Å². The normalized spacial score (nSPS) is 10.6. The molecule has 0 bridgehead atoms. The van der Waals surface area contributed by atoms with Crippen LogP contribution < -0.4 is 14.2 Å².